The molecule has 4 aromatic rings. The summed E-state index contributed by atoms with van der Waals surface area (Å²) in [7, 11) is 3.20. The zero-order valence-corrected chi connectivity index (χ0v) is 33.8. The Hall–Kier alpha value is -4.92. The summed E-state index contributed by atoms with van der Waals surface area (Å²) in [5, 5.41) is 27.4. The van der Waals surface area contributed by atoms with Crippen LogP contribution in [0.2, 0.25) is 0 Å². The van der Waals surface area contributed by atoms with Crippen LogP contribution in [-0.4, -0.2) is 65.4 Å². The Labute approximate surface area is 332 Å². The number of hydrogen-bond acceptors (Lipinski definition) is 6. The minimum atomic E-state index is -1.30. The summed E-state index contributed by atoms with van der Waals surface area (Å²) in [6.45, 7) is 8.40. The van der Waals surface area contributed by atoms with Crippen LogP contribution in [0.4, 0.5) is 4.79 Å². The number of fused-ring (bicyclic) bond motifs is 8. The Morgan fingerprint density at radius 1 is 0.911 bits per heavy atom. The van der Waals surface area contributed by atoms with Gasteiger partial charge < -0.3 is 29.9 Å². The molecule has 3 N–H and O–H groups in total. The highest BCUT2D eigenvalue weighted by Gasteiger charge is 2.57. The molecule has 4 aromatic carbocycles. The van der Waals surface area contributed by atoms with E-state index >= 15 is 4.79 Å². The second kappa shape index (κ2) is 17.5. The van der Waals surface area contributed by atoms with Crippen LogP contribution >= 0.6 is 0 Å². The third kappa shape index (κ3) is 8.72. The zero-order valence-electron chi connectivity index (χ0n) is 33.8. The van der Waals surface area contributed by atoms with Crippen molar-refractivity contribution in [1.82, 2.24) is 10.2 Å². The molecule has 0 unspecified atom stereocenters. The van der Waals surface area contributed by atoms with Crippen molar-refractivity contribution in [1.29, 1.82) is 0 Å². The van der Waals surface area contributed by atoms with Crippen molar-refractivity contribution in [2.24, 2.45) is 5.41 Å². The number of ketones is 1. The predicted molar refractivity (Wildman–Crippen MR) is 222 cm³/mol. The predicted octanol–water partition coefficient (Wildman–Crippen LogP) is 9.26. The van der Waals surface area contributed by atoms with Crippen molar-refractivity contribution in [3.8, 4) is 22.6 Å². The molecule has 4 atom stereocenters. The average Bonchev–Trinajstić information content (AvgIpc) is 3.44. The number of carbonyl (C=O) groups is 2. The molecule has 1 saturated carbocycles. The van der Waals surface area contributed by atoms with Gasteiger partial charge in [0, 0.05) is 34.2 Å². The van der Waals surface area contributed by atoms with Crippen LogP contribution in [0.25, 0.3) is 11.1 Å². The van der Waals surface area contributed by atoms with E-state index in [9.17, 15) is 15.0 Å². The van der Waals surface area contributed by atoms with Crippen molar-refractivity contribution >= 4 is 11.8 Å². The fourth-order valence-electron chi connectivity index (χ4n) is 8.93. The molecule has 56 heavy (non-hydrogen) atoms. The average molecular weight is 759 g/mol. The largest absolute Gasteiger partial charge is 0.497 e. The minimum Gasteiger partial charge on any atom is -0.497 e. The minimum absolute atomic E-state index is 0.0824. The molecular weight excluding hydrogens is 701 g/mol. The van der Waals surface area contributed by atoms with E-state index in [1.165, 1.54) is 5.57 Å². The van der Waals surface area contributed by atoms with Crippen LogP contribution in [-0.2, 0) is 13.0 Å². The summed E-state index contributed by atoms with van der Waals surface area (Å²) in [6, 6.07) is 29.0. The van der Waals surface area contributed by atoms with Gasteiger partial charge in [-0.2, -0.15) is 0 Å². The third-order valence-electron chi connectivity index (χ3n) is 12.2. The van der Waals surface area contributed by atoms with Crippen molar-refractivity contribution in [3.05, 3.63) is 130 Å². The van der Waals surface area contributed by atoms with Crippen LogP contribution < -0.4 is 14.8 Å². The number of ether oxygens (including phenoxy) is 2. The Morgan fingerprint density at radius 3 is 2.39 bits per heavy atom. The van der Waals surface area contributed by atoms with E-state index < -0.39 is 17.1 Å². The number of benzene rings is 4. The second-order valence-electron chi connectivity index (χ2n) is 16.3. The molecule has 296 valence electrons. The number of methoxy groups -OCH3 is 2. The number of aliphatic hydroxyl groups excluding tert-OH is 1. The van der Waals surface area contributed by atoms with Gasteiger partial charge in [0.25, 0.3) is 0 Å². The number of nitrogens with one attached hydrogen (secondary N) is 1. The number of rotatable bonds is 10. The first kappa shape index (κ1) is 40.7. The topological polar surface area (TPSA) is 108 Å². The first-order chi connectivity index (χ1) is 26.9. The fourth-order valence-corrected chi connectivity index (χ4v) is 8.93. The van der Waals surface area contributed by atoms with Gasteiger partial charge in [-0.25, -0.2) is 4.79 Å². The fraction of sp³-hybridized carbons (Fsp3) is 0.417. The van der Waals surface area contributed by atoms with Crippen molar-refractivity contribution in [2.45, 2.75) is 103 Å². The lowest BCUT2D eigenvalue weighted by Gasteiger charge is -2.46. The van der Waals surface area contributed by atoms with Crippen LogP contribution in [0.5, 0.6) is 11.5 Å². The molecular formula is C48H58N2O6. The molecule has 2 bridgehead atoms. The number of carbonyl (C=O) groups excluding carboxylic acids is 2. The van der Waals surface area contributed by atoms with Gasteiger partial charge in [0.15, 0.2) is 5.78 Å². The van der Waals surface area contributed by atoms with Crippen LogP contribution in [0.15, 0.2) is 103 Å². The molecule has 8 nitrogen and oxygen atoms in total. The Morgan fingerprint density at radius 2 is 1.66 bits per heavy atom. The summed E-state index contributed by atoms with van der Waals surface area (Å²) in [6.07, 6.45) is 5.91. The van der Waals surface area contributed by atoms with Crippen LogP contribution in [0.3, 0.4) is 0 Å². The van der Waals surface area contributed by atoms with E-state index in [0.717, 1.165) is 34.2 Å². The van der Waals surface area contributed by atoms with Gasteiger partial charge in [0.05, 0.1) is 39.0 Å². The highest BCUT2D eigenvalue weighted by atomic mass is 16.5. The number of urea groups is 1. The van der Waals surface area contributed by atoms with Gasteiger partial charge >= 0.3 is 6.03 Å². The molecule has 0 saturated heterocycles. The highest BCUT2D eigenvalue weighted by molar-refractivity contribution is 6.13. The SMILES string of the molecule is COc1ccc(CN(C[C@]2(O)CC[C@H]3c4ccc(cc4C(=O)c4ccccc4-c4ccccc4)C[C@@H](O)CCC(C)=CCC[C@@]32C)C(=O)NC(C)C)c(OC)c1. The van der Waals surface area contributed by atoms with Gasteiger partial charge in [-0.1, -0.05) is 85.3 Å². The quantitative estimate of drug-likeness (QED) is 0.110. The lowest BCUT2D eigenvalue weighted by atomic mass is 9.64. The molecule has 3 aliphatic rings. The van der Waals surface area contributed by atoms with Crippen molar-refractivity contribution in [3.63, 3.8) is 0 Å². The van der Waals surface area contributed by atoms with Gasteiger partial charge in [-0.3, -0.25) is 4.79 Å². The normalized spacial score (nSPS) is 22.5. The van der Waals surface area contributed by atoms with Crippen LogP contribution in [0, 0.1) is 5.41 Å². The maximum absolute atomic E-state index is 15.0. The van der Waals surface area contributed by atoms with E-state index in [-0.39, 0.29) is 36.9 Å². The zero-order chi connectivity index (χ0) is 40.0. The molecule has 3 aliphatic carbocycles. The van der Waals surface area contributed by atoms with E-state index in [0.29, 0.717) is 61.2 Å². The smallest absolute Gasteiger partial charge is 0.317 e. The Bertz CT molecular complexity index is 2040. The number of amides is 2. The van der Waals surface area contributed by atoms with E-state index in [1.54, 1.807) is 25.2 Å². The molecule has 1 fully saturated rings. The first-order valence-corrected chi connectivity index (χ1v) is 20.0. The Kier molecular flexibility index (Phi) is 12.7. The van der Waals surface area contributed by atoms with Crippen molar-refractivity contribution in [2.75, 3.05) is 20.8 Å². The standard InChI is InChI=1S/C48H58N2O6/c1-32(2)49-46(53)50(30-36-20-22-38(55-5)29-44(36)56-6)31-48(54)26-24-43-40-23-19-34(27-37(51)21-18-33(3)13-12-25-47(43,48)4)28-42(40)45(52)41-17-11-10-16-39(41)35-14-8-7-9-15-35/h7-11,13-17,19-20,22-23,28-29,32,37,43,51,54H,12,18,21,24-27,30-31H2,1-6H3,(H,49,53)/t37-,43-,47-,48+/m0/s1. The molecule has 0 radical (unpaired) electrons. The summed E-state index contributed by atoms with van der Waals surface area (Å²) >= 11 is 0. The maximum Gasteiger partial charge on any atom is 0.317 e. The van der Waals surface area contributed by atoms with E-state index in [4.69, 9.17) is 9.47 Å². The third-order valence-corrected chi connectivity index (χ3v) is 12.2. The summed E-state index contributed by atoms with van der Waals surface area (Å²) in [4.78, 5) is 30.8. The molecule has 0 aromatic heterocycles. The highest BCUT2D eigenvalue weighted by Crippen LogP contribution is 2.59. The van der Waals surface area contributed by atoms with E-state index in [2.05, 4.69) is 31.3 Å². The molecule has 0 heterocycles. The van der Waals surface area contributed by atoms with Crippen LogP contribution in [0.1, 0.15) is 105 Å². The van der Waals surface area contributed by atoms with Gasteiger partial charge in [-0.15, -0.1) is 0 Å². The van der Waals surface area contributed by atoms with Gasteiger partial charge in [0.2, 0.25) is 0 Å². The molecule has 0 aliphatic heterocycles. The monoisotopic (exact) mass is 758 g/mol. The molecule has 8 heteroatoms. The Balaban J connectivity index is 1.46. The van der Waals surface area contributed by atoms with E-state index in [1.807, 2.05) is 92.7 Å². The number of aliphatic hydroxyl groups is 2. The molecule has 2 amide bonds. The lowest BCUT2D eigenvalue weighted by Crippen LogP contribution is -2.55. The summed E-state index contributed by atoms with van der Waals surface area (Å²) in [5.74, 6) is 0.961. The number of allylic oxidation sites excluding steroid dienone is 2. The first-order valence-electron chi connectivity index (χ1n) is 20.0. The number of hydrogen-bond donors (Lipinski definition) is 3. The molecule has 0 spiro atoms. The summed E-state index contributed by atoms with van der Waals surface area (Å²) < 4.78 is 11.2. The number of nitrogens with zero attached hydrogens (tertiary/aromatic N) is 1. The maximum atomic E-state index is 15.0. The lowest BCUT2D eigenvalue weighted by molar-refractivity contribution is -0.0781. The van der Waals surface area contributed by atoms with Gasteiger partial charge in [0.1, 0.15) is 11.5 Å². The molecule has 7 rings (SSSR count). The summed E-state index contributed by atoms with van der Waals surface area (Å²) in [5.41, 5.74) is 4.78. The second-order valence-corrected chi connectivity index (χ2v) is 16.3. The van der Waals surface area contributed by atoms with Crippen molar-refractivity contribution < 1.29 is 29.3 Å². The van der Waals surface area contributed by atoms with Gasteiger partial charge in [-0.05, 0) is 112 Å².